The van der Waals surface area contributed by atoms with Gasteiger partial charge in [0.25, 0.3) is 5.91 Å². The Morgan fingerprint density at radius 3 is 2.40 bits per heavy atom. The van der Waals surface area contributed by atoms with E-state index in [0.29, 0.717) is 18.4 Å². The second kappa shape index (κ2) is 4.92. The number of carbonyl (C=O) groups excluding carboxylic acids is 1. The Bertz CT molecular complexity index is 522. The quantitative estimate of drug-likeness (QED) is 0.883. The highest BCUT2D eigenvalue weighted by molar-refractivity contribution is 5.97. The van der Waals surface area contributed by atoms with Gasteiger partial charge < -0.3 is 10.4 Å². The van der Waals surface area contributed by atoms with Crippen LogP contribution in [0.5, 0.6) is 0 Å². The van der Waals surface area contributed by atoms with Crippen LogP contribution in [0.3, 0.4) is 0 Å². The van der Waals surface area contributed by atoms with E-state index < -0.39 is 11.5 Å². The summed E-state index contributed by atoms with van der Waals surface area (Å²) in [6, 6.07) is 0. The Morgan fingerprint density at radius 1 is 1.35 bits per heavy atom. The van der Waals surface area contributed by atoms with E-state index in [2.05, 4.69) is 10.4 Å². The van der Waals surface area contributed by atoms with Crippen molar-refractivity contribution in [3.8, 4) is 0 Å². The van der Waals surface area contributed by atoms with Crippen LogP contribution in [0.25, 0.3) is 0 Å². The van der Waals surface area contributed by atoms with Crippen molar-refractivity contribution in [2.75, 3.05) is 0 Å². The van der Waals surface area contributed by atoms with Crippen LogP contribution in [-0.2, 0) is 10.3 Å². The summed E-state index contributed by atoms with van der Waals surface area (Å²) in [4.78, 5) is 23.6. The first-order chi connectivity index (χ1) is 9.24. The fraction of sp³-hybridized carbons (Fsp3) is 0.643. The lowest BCUT2D eigenvalue weighted by molar-refractivity contribution is -0.144. The SMILES string of the molecule is CC(C)(C)n1cc(C(=O)NC2(C(=O)O)CCCC2)cn1. The zero-order valence-corrected chi connectivity index (χ0v) is 12.1. The van der Waals surface area contributed by atoms with Crippen molar-refractivity contribution in [3.05, 3.63) is 18.0 Å². The van der Waals surface area contributed by atoms with E-state index in [1.54, 1.807) is 10.9 Å². The average Bonchev–Trinajstić information content (AvgIpc) is 2.96. The topological polar surface area (TPSA) is 84.2 Å². The first kappa shape index (κ1) is 14.6. The molecule has 1 heterocycles. The van der Waals surface area contributed by atoms with Crippen LogP contribution in [0.15, 0.2) is 12.4 Å². The highest BCUT2D eigenvalue weighted by Gasteiger charge is 2.42. The third-order valence-corrected chi connectivity index (χ3v) is 3.75. The standard InChI is InChI=1S/C14H21N3O3/c1-13(2,3)17-9-10(8-15-17)11(18)16-14(12(19)20)6-4-5-7-14/h8-9H,4-7H2,1-3H3,(H,16,18)(H,19,20). The Kier molecular flexibility index (Phi) is 3.58. The van der Waals surface area contributed by atoms with Gasteiger partial charge in [0.05, 0.1) is 17.3 Å². The smallest absolute Gasteiger partial charge is 0.329 e. The van der Waals surface area contributed by atoms with Crippen molar-refractivity contribution in [3.63, 3.8) is 0 Å². The van der Waals surface area contributed by atoms with Crippen LogP contribution < -0.4 is 5.32 Å². The molecule has 20 heavy (non-hydrogen) atoms. The van der Waals surface area contributed by atoms with E-state index in [1.165, 1.54) is 6.20 Å². The third kappa shape index (κ3) is 2.69. The number of carbonyl (C=O) groups is 2. The summed E-state index contributed by atoms with van der Waals surface area (Å²) in [5.74, 6) is -1.32. The summed E-state index contributed by atoms with van der Waals surface area (Å²) >= 11 is 0. The lowest BCUT2D eigenvalue weighted by atomic mass is 9.97. The van der Waals surface area contributed by atoms with E-state index in [9.17, 15) is 14.7 Å². The molecule has 1 saturated carbocycles. The fourth-order valence-corrected chi connectivity index (χ4v) is 2.47. The third-order valence-electron chi connectivity index (χ3n) is 3.75. The lowest BCUT2D eigenvalue weighted by Gasteiger charge is -2.25. The number of aliphatic carboxylic acids is 1. The van der Waals surface area contributed by atoms with Gasteiger partial charge >= 0.3 is 5.97 Å². The van der Waals surface area contributed by atoms with Gasteiger partial charge in [-0.1, -0.05) is 12.8 Å². The number of nitrogens with zero attached hydrogens (tertiary/aromatic N) is 2. The number of rotatable bonds is 3. The highest BCUT2D eigenvalue weighted by Crippen LogP contribution is 2.30. The Hall–Kier alpha value is -1.85. The van der Waals surface area contributed by atoms with Crippen molar-refractivity contribution in [2.24, 2.45) is 0 Å². The van der Waals surface area contributed by atoms with Crippen molar-refractivity contribution >= 4 is 11.9 Å². The summed E-state index contributed by atoms with van der Waals surface area (Å²) in [6.07, 6.45) is 5.76. The van der Waals surface area contributed by atoms with Gasteiger partial charge in [0.1, 0.15) is 5.54 Å². The van der Waals surface area contributed by atoms with Gasteiger partial charge in [-0.2, -0.15) is 5.10 Å². The highest BCUT2D eigenvalue weighted by atomic mass is 16.4. The second-order valence-electron chi connectivity index (χ2n) is 6.39. The fourth-order valence-electron chi connectivity index (χ4n) is 2.47. The minimum Gasteiger partial charge on any atom is -0.480 e. The van der Waals surface area contributed by atoms with E-state index in [0.717, 1.165) is 12.8 Å². The number of amides is 1. The van der Waals surface area contributed by atoms with Gasteiger partial charge in [-0.25, -0.2) is 4.79 Å². The van der Waals surface area contributed by atoms with Gasteiger partial charge in [0, 0.05) is 6.20 Å². The van der Waals surface area contributed by atoms with Gasteiger partial charge in [-0.15, -0.1) is 0 Å². The molecule has 0 aromatic carbocycles. The molecule has 6 nitrogen and oxygen atoms in total. The van der Waals surface area contributed by atoms with Crippen LogP contribution in [0.4, 0.5) is 0 Å². The van der Waals surface area contributed by atoms with Gasteiger partial charge in [0.2, 0.25) is 0 Å². The lowest BCUT2D eigenvalue weighted by Crippen LogP contribution is -2.52. The Balaban J connectivity index is 2.16. The van der Waals surface area contributed by atoms with Gasteiger partial charge in [0.15, 0.2) is 0 Å². The summed E-state index contributed by atoms with van der Waals surface area (Å²) in [5.41, 5.74) is -0.926. The summed E-state index contributed by atoms with van der Waals surface area (Å²) < 4.78 is 1.70. The number of carboxylic acids is 1. The van der Waals surface area contributed by atoms with E-state index >= 15 is 0 Å². The van der Waals surface area contributed by atoms with E-state index in [-0.39, 0.29) is 11.4 Å². The van der Waals surface area contributed by atoms with E-state index in [4.69, 9.17) is 0 Å². The van der Waals surface area contributed by atoms with Crippen molar-refractivity contribution in [1.29, 1.82) is 0 Å². The number of aromatic nitrogens is 2. The van der Waals surface area contributed by atoms with Crippen LogP contribution >= 0.6 is 0 Å². The molecule has 1 aliphatic carbocycles. The number of hydrogen-bond donors (Lipinski definition) is 2. The van der Waals surface area contributed by atoms with Crippen molar-refractivity contribution < 1.29 is 14.7 Å². The van der Waals surface area contributed by atoms with Crippen molar-refractivity contribution in [1.82, 2.24) is 15.1 Å². The molecule has 1 aliphatic rings. The molecule has 0 aliphatic heterocycles. The van der Waals surface area contributed by atoms with Crippen LogP contribution in [0, 0.1) is 0 Å². The maximum Gasteiger partial charge on any atom is 0.329 e. The molecule has 0 radical (unpaired) electrons. The summed E-state index contributed by atoms with van der Waals surface area (Å²) in [7, 11) is 0. The molecular weight excluding hydrogens is 258 g/mol. The average molecular weight is 279 g/mol. The molecule has 110 valence electrons. The molecular formula is C14H21N3O3. The molecule has 1 aromatic rings. The summed E-state index contributed by atoms with van der Waals surface area (Å²) in [5, 5.41) is 16.2. The second-order valence-corrected chi connectivity index (χ2v) is 6.39. The summed E-state index contributed by atoms with van der Waals surface area (Å²) in [6.45, 7) is 5.95. The zero-order valence-electron chi connectivity index (χ0n) is 12.1. The number of nitrogens with one attached hydrogen (secondary N) is 1. The maximum atomic E-state index is 12.2. The molecule has 1 aromatic heterocycles. The van der Waals surface area contributed by atoms with E-state index in [1.807, 2.05) is 20.8 Å². The molecule has 6 heteroatoms. The normalized spacial score (nSPS) is 17.9. The van der Waals surface area contributed by atoms with Gasteiger partial charge in [-0.05, 0) is 33.6 Å². The molecule has 1 fully saturated rings. The zero-order chi connectivity index (χ0) is 15.0. The number of hydrogen-bond acceptors (Lipinski definition) is 3. The molecule has 0 unspecified atom stereocenters. The molecule has 2 N–H and O–H groups in total. The maximum absolute atomic E-state index is 12.2. The minimum absolute atomic E-state index is 0.212. The Labute approximate surface area is 118 Å². The predicted octanol–water partition coefficient (Wildman–Crippen LogP) is 1.77. The van der Waals surface area contributed by atoms with Crippen LogP contribution in [0.1, 0.15) is 56.8 Å². The largest absolute Gasteiger partial charge is 0.480 e. The molecule has 0 bridgehead atoms. The molecule has 0 saturated heterocycles. The minimum atomic E-state index is -1.11. The van der Waals surface area contributed by atoms with Crippen LogP contribution in [0.2, 0.25) is 0 Å². The monoisotopic (exact) mass is 279 g/mol. The first-order valence-electron chi connectivity index (χ1n) is 6.86. The van der Waals surface area contributed by atoms with Gasteiger partial charge in [-0.3, -0.25) is 9.48 Å². The first-order valence-corrected chi connectivity index (χ1v) is 6.86. The molecule has 0 atom stereocenters. The Morgan fingerprint density at radius 2 is 1.95 bits per heavy atom. The van der Waals surface area contributed by atoms with Crippen LogP contribution in [-0.4, -0.2) is 32.3 Å². The number of carboxylic acid groups (broad SMARTS) is 1. The predicted molar refractivity (Wildman–Crippen MR) is 73.5 cm³/mol. The molecule has 1 amide bonds. The molecule has 2 rings (SSSR count). The molecule has 0 spiro atoms. The van der Waals surface area contributed by atoms with Crippen molar-refractivity contribution in [2.45, 2.75) is 57.5 Å².